The first kappa shape index (κ1) is 21.0. The van der Waals surface area contributed by atoms with Gasteiger partial charge in [-0.25, -0.2) is 0 Å². The van der Waals surface area contributed by atoms with Crippen molar-refractivity contribution in [2.75, 3.05) is 13.2 Å². The topological polar surface area (TPSA) is 68.5 Å². The average molecular weight is 414 g/mol. The Kier molecular flexibility index (Phi) is 7.38. The van der Waals surface area contributed by atoms with Gasteiger partial charge in [-0.15, -0.1) is 0 Å². The van der Waals surface area contributed by atoms with E-state index in [4.69, 9.17) is 20.9 Å². The molecule has 3 aromatic rings. The van der Waals surface area contributed by atoms with Crippen LogP contribution >= 0.6 is 11.6 Å². The van der Waals surface area contributed by atoms with Crippen LogP contribution in [-0.4, -0.2) is 40.1 Å². The maximum atomic E-state index is 12.6. The van der Waals surface area contributed by atoms with Crippen molar-refractivity contribution in [2.45, 2.75) is 32.9 Å². The highest BCUT2D eigenvalue weighted by Crippen LogP contribution is 2.19. The van der Waals surface area contributed by atoms with Gasteiger partial charge >= 0.3 is 0 Å². The van der Waals surface area contributed by atoms with E-state index in [1.807, 2.05) is 56.3 Å². The summed E-state index contributed by atoms with van der Waals surface area (Å²) in [5, 5.41) is 4.66. The summed E-state index contributed by atoms with van der Waals surface area (Å²) in [7, 11) is 0. The summed E-state index contributed by atoms with van der Waals surface area (Å²) in [5.74, 6) is 0.928. The van der Waals surface area contributed by atoms with Crippen molar-refractivity contribution >= 4 is 17.5 Å². The van der Waals surface area contributed by atoms with Crippen LogP contribution in [0.1, 0.15) is 25.3 Å². The Bertz CT molecular complexity index is 911. The molecule has 0 bridgehead atoms. The van der Waals surface area contributed by atoms with Gasteiger partial charge in [0.15, 0.2) is 0 Å². The van der Waals surface area contributed by atoms with Crippen molar-refractivity contribution < 1.29 is 14.1 Å². The van der Waals surface area contributed by atoms with Gasteiger partial charge in [-0.1, -0.05) is 47.1 Å². The van der Waals surface area contributed by atoms with Crippen molar-refractivity contribution in [3.63, 3.8) is 0 Å². The number of nitrogens with zero attached hydrogens (tertiary/aromatic N) is 3. The zero-order chi connectivity index (χ0) is 20.6. The molecule has 6 nitrogen and oxygen atoms in total. The van der Waals surface area contributed by atoms with Gasteiger partial charge in [-0.2, -0.15) is 4.98 Å². The van der Waals surface area contributed by atoms with Crippen LogP contribution in [0.5, 0.6) is 0 Å². The summed E-state index contributed by atoms with van der Waals surface area (Å²) in [5.41, 5.74) is 1.87. The minimum atomic E-state index is -0.0617. The fraction of sp³-hybridized carbons (Fsp3) is 0.318. The maximum Gasteiger partial charge on any atom is 0.248 e. The van der Waals surface area contributed by atoms with Crippen LogP contribution in [0.25, 0.3) is 11.4 Å². The second kappa shape index (κ2) is 10.2. The molecular formula is C22H24ClN3O3. The number of rotatable bonds is 9. The Balaban J connectivity index is 1.52. The number of hydrogen-bond acceptors (Lipinski definition) is 5. The molecule has 1 amide bonds. The van der Waals surface area contributed by atoms with Crippen LogP contribution in [0.2, 0.25) is 5.02 Å². The lowest BCUT2D eigenvalue weighted by Crippen LogP contribution is -2.40. The molecular weight excluding hydrogens is 390 g/mol. The number of ether oxygens (including phenoxy) is 1. The lowest BCUT2D eigenvalue weighted by atomic mass is 10.2. The number of amides is 1. The molecule has 152 valence electrons. The summed E-state index contributed by atoms with van der Waals surface area (Å²) in [6.07, 6.45) is 0.475. The van der Waals surface area contributed by atoms with Crippen molar-refractivity contribution in [1.29, 1.82) is 0 Å². The van der Waals surface area contributed by atoms with Gasteiger partial charge in [-0.3, -0.25) is 4.79 Å². The van der Waals surface area contributed by atoms with E-state index in [0.717, 1.165) is 11.1 Å². The molecule has 0 N–H and O–H groups in total. The lowest BCUT2D eigenvalue weighted by Gasteiger charge is -2.26. The first-order valence-electron chi connectivity index (χ1n) is 9.52. The molecule has 0 atom stereocenters. The summed E-state index contributed by atoms with van der Waals surface area (Å²) in [6, 6.07) is 17.1. The van der Waals surface area contributed by atoms with Crippen molar-refractivity contribution in [1.82, 2.24) is 15.0 Å². The number of benzene rings is 2. The third kappa shape index (κ3) is 6.14. The highest BCUT2D eigenvalue weighted by molar-refractivity contribution is 6.30. The predicted octanol–water partition coefficient (Wildman–Crippen LogP) is 4.39. The molecule has 1 heterocycles. The molecule has 0 saturated heterocycles. The smallest absolute Gasteiger partial charge is 0.248 e. The third-order valence-electron chi connectivity index (χ3n) is 4.42. The minimum Gasteiger partial charge on any atom is -0.367 e. The molecule has 7 heteroatoms. The monoisotopic (exact) mass is 413 g/mol. The van der Waals surface area contributed by atoms with Gasteiger partial charge < -0.3 is 14.2 Å². The molecule has 0 fully saturated rings. The SMILES string of the molecule is CC(C)N(CCc1nc(-c2ccc(Cl)cc2)no1)C(=O)COCc1ccccc1. The van der Waals surface area contributed by atoms with E-state index in [0.29, 0.717) is 36.3 Å². The molecule has 0 radical (unpaired) electrons. The highest BCUT2D eigenvalue weighted by Gasteiger charge is 2.18. The summed E-state index contributed by atoms with van der Waals surface area (Å²) in [6.45, 7) is 4.87. The molecule has 0 saturated carbocycles. The third-order valence-corrected chi connectivity index (χ3v) is 4.67. The van der Waals surface area contributed by atoms with E-state index in [1.54, 1.807) is 17.0 Å². The van der Waals surface area contributed by atoms with Crippen molar-refractivity contribution in [3.05, 3.63) is 71.1 Å². The average Bonchev–Trinajstić information content (AvgIpc) is 3.18. The van der Waals surface area contributed by atoms with Gasteiger partial charge in [0.1, 0.15) is 6.61 Å². The first-order chi connectivity index (χ1) is 14.0. The zero-order valence-corrected chi connectivity index (χ0v) is 17.3. The number of carbonyl (C=O) groups is 1. The van der Waals surface area contributed by atoms with E-state index < -0.39 is 0 Å². The normalized spacial score (nSPS) is 11.0. The standard InChI is InChI=1S/C22H24ClN3O3/c1-16(2)26(21(27)15-28-14-17-6-4-3-5-7-17)13-12-20-24-22(25-29-20)18-8-10-19(23)11-9-18/h3-11,16H,12-15H2,1-2H3. The zero-order valence-electron chi connectivity index (χ0n) is 16.5. The molecule has 29 heavy (non-hydrogen) atoms. The van der Waals surface area contributed by atoms with Crippen molar-refractivity contribution in [3.8, 4) is 11.4 Å². The molecule has 0 spiro atoms. The molecule has 0 unspecified atom stereocenters. The van der Waals surface area contributed by atoms with E-state index in [9.17, 15) is 4.79 Å². The second-order valence-electron chi connectivity index (χ2n) is 6.93. The van der Waals surface area contributed by atoms with Gasteiger partial charge in [0, 0.05) is 29.6 Å². The van der Waals surface area contributed by atoms with E-state index in [1.165, 1.54) is 0 Å². The van der Waals surface area contributed by atoms with E-state index in [-0.39, 0.29) is 18.6 Å². The molecule has 0 aliphatic carbocycles. The number of hydrogen-bond donors (Lipinski definition) is 0. The van der Waals surface area contributed by atoms with Gasteiger partial charge in [0.05, 0.1) is 6.61 Å². The maximum absolute atomic E-state index is 12.6. The van der Waals surface area contributed by atoms with Gasteiger partial charge in [-0.05, 0) is 43.7 Å². The summed E-state index contributed by atoms with van der Waals surface area (Å²) >= 11 is 5.91. The first-order valence-corrected chi connectivity index (χ1v) is 9.90. The number of carbonyl (C=O) groups excluding carboxylic acids is 1. The van der Waals surface area contributed by atoms with Crippen LogP contribution in [0, 0.1) is 0 Å². The number of aromatic nitrogens is 2. The van der Waals surface area contributed by atoms with Crippen LogP contribution in [0.15, 0.2) is 59.1 Å². The van der Waals surface area contributed by atoms with E-state index >= 15 is 0 Å². The quantitative estimate of drug-likeness (QED) is 0.520. The Hall–Kier alpha value is -2.70. The van der Waals surface area contributed by atoms with Crippen LogP contribution in [0.4, 0.5) is 0 Å². The highest BCUT2D eigenvalue weighted by atomic mass is 35.5. The fourth-order valence-electron chi connectivity index (χ4n) is 2.87. The lowest BCUT2D eigenvalue weighted by molar-refractivity contribution is -0.138. The molecule has 0 aliphatic heterocycles. The Morgan fingerprint density at radius 3 is 2.55 bits per heavy atom. The predicted molar refractivity (Wildman–Crippen MR) is 111 cm³/mol. The Morgan fingerprint density at radius 2 is 1.86 bits per heavy atom. The Morgan fingerprint density at radius 1 is 1.14 bits per heavy atom. The van der Waals surface area contributed by atoms with Crippen LogP contribution in [0.3, 0.4) is 0 Å². The molecule has 3 rings (SSSR count). The van der Waals surface area contributed by atoms with Crippen molar-refractivity contribution in [2.24, 2.45) is 0 Å². The summed E-state index contributed by atoms with van der Waals surface area (Å²) in [4.78, 5) is 18.8. The minimum absolute atomic E-state index is 0.0347. The van der Waals surface area contributed by atoms with Gasteiger partial charge in [0.2, 0.25) is 17.6 Å². The molecule has 2 aromatic carbocycles. The fourth-order valence-corrected chi connectivity index (χ4v) is 3.00. The van der Waals surface area contributed by atoms with Crippen LogP contribution in [-0.2, 0) is 22.6 Å². The molecule has 0 aliphatic rings. The van der Waals surface area contributed by atoms with Crippen LogP contribution < -0.4 is 0 Å². The second-order valence-corrected chi connectivity index (χ2v) is 7.36. The van der Waals surface area contributed by atoms with Gasteiger partial charge in [0.25, 0.3) is 0 Å². The summed E-state index contributed by atoms with van der Waals surface area (Å²) < 4.78 is 10.9. The number of halogens is 1. The Labute approximate surface area is 175 Å². The largest absolute Gasteiger partial charge is 0.367 e. The van der Waals surface area contributed by atoms with E-state index in [2.05, 4.69) is 10.1 Å². The molecule has 1 aromatic heterocycles.